The number of fused-ring (bicyclic) bond motifs is 1. The van der Waals surface area contributed by atoms with Crippen molar-refractivity contribution in [3.8, 4) is 5.69 Å². The van der Waals surface area contributed by atoms with Gasteiger partial charge in [-0.05, 0) is 50.2 Å². The lowest BCUT2D eigenvalue weighted by molar-refractivity contribution is -0.384. The van der Waals surface area contributed by atoms with E-state index in [2.05, 4.69) is 31.0 Å². The summed E-state index contributed by atoms with van der Waals surface area (Å²) in [5, 5.41) is 15.7. The van der Waals surface area contributed by atoms with Gasteiger partial charge in [0.25, 0.3) is 11.6 Å². The zero-order valence-corrected chi connectivity index (χ0v) is 19.0. The topological polar surface area (TPSA) is 89.5 Å². The molecule has 0 saturated carbocycles. The number of non-ortho nitro benzene ring substituents is 1. The molecule has 0 atom stereocenters. The van der Waals surface area contributed by atoms with E-state index in [1.807, 2.05) is 44.2 Å². The molecule has 0 aliphatic rings. The lowest BCUT2D eigenvalue weighted by Crippen LogP contribution is -2.16. The van der Waals surface area contributed by atoms with Crippen molar-refractivity contribution < 1.29 is 9.72 Å². The van der Waals surface area contributed by atoms with Crippen LogP contribution in [0.5, 0.6) is 0 Å². The molecule has 0 unspecified atom stereocenters. The first-order chi connectivity index (χ1) is 14.8. The number of nitro benzene ring substituents is 1. The predicted octanol–water partition coefficient (Wildman–Crippen LogP) is 5.74. The summed E-state index contributed by atoms with van der Waals surface area (Å²) in [5.41, 5.74) is 6.52. The highest BCUT2D eigenvalue weighted by Gasteiger charge is 2.13. The Kier molecular flexibility index (Phi) is 5.71. The van der Waals surface area contributed by atoms with Crippen molar-refractivity contribution in [3.63, 3.8) is 0 Å². The monoisotopic (exact) mass is 496 g/mol. The van der Waals surface area contributed by atoms with Crippen LogP contribution in [-0.2, 0) is 0 Å². The fraction of sp³-hybridized carbons (Fsp3) is 0.0909. The number of carbonyl (C=O) groups is 1. The van der Waals surface area contributed by atoms with Gasteiger partial charge in [0, 0.05) is 49.3 Å². The minimum Gasteiger partial charge on any atom is -0.318 e. The predicted molar refractivity (Wildman–Crippen MR) is 126 cm³/mol. The van der Waals surface area contributed by atoms with Crippen LogP contribution in [0.2, 0.25) is 0 Å². The van der Waals surface area contributed by atoms with E-state index in [-0.39, 0.29) is 11.6 Å². The number of nitrogens with zero attached hydrogens (tertiary/aromatic N) is 3. The van der Waals surface area contributed by atoms with Gasteiger partial charge in [-0.3, -0.25) is 14.9 Å². The molecule has 0 bridgehead atoms. The van der Waals surface area contributed by atoms with Gasteiger partial charge in [0.2, 0.25) is 0 Å². The largest absolute Gasteiger partial charge is 0.318 e. The number of carbonyl (C=O) groups excluding carboxylic acids is 1. The van der Waals surface area contributed by atoms with Crippen LogP contribution in [0, 0.1) is 24.0 Å². The minimum atomic E-state index is -0.453. The minimum absolute atomic E-state index is 0.00363. The molecule has 2 aromatic heterocycles. The van der Waals surface area contributed by atoms with Crippen molar-refractivity contribution in [1.82, 2.24) is 9.99 Å². The van der Waals surface area contributed by atoms with E-state index in [1.165, 1.54) is 23.5 Å². The highest BCUT2D eigenvalue weighted by molar-refractivity contribution is 9.10. The van der Waals surface area contributed by atoms with E-state index in [0.717, 1.165) is 31.8 Å². The molecule has 31 heavy (non-hydrogen) atoms. The summed E-state index contributed by atoms with van der Waals surface area (Å²) in [6, 6.07) is 16.2. The number of rotatable bonds is 5. The maximum absolute atomic E-state index is 12.5. The molecule has 0 spiro atoms. The third-order valence-electron chi connectivity index (χ3n) is 4.84. The Bertz CT molecular complexity index is 1360. The second-order valence-corrected chi connectivity index (χ2v) is 8.93. The summed E-state index contributed by atoms with van der Waals surface area (Å²) in [5.74, 6) is -0.360. The zero-order chi connectivity index (χ0) is 22.1. The lowest BCUT2D eigenvalue weighted by Gasteiger charge is -2.09. The van der Waals surface area contributed by atoms with Crippen LogP contribution in [0.15, 0.2) is 64.2 Å². The normalized spacial score (nSPS) is 11.3. The van der Waals surface area contributed by atoms with Crippen LogP contribution >= 0.6 is 27.3 Å². The standard InChI is InChI=1S/C22H17BrN4O3S/c1-13-8-16(14(2)26(13)18-5-3-4-17(23)11-18)12-24-25-22(28)21-10-15-9-19(27(29)30)6-7-20(15)31-21/h3-12H,1-2H3,(H,25,28)/b24-12-. The highest BCUT2D eigenvalue weighted by atomic mass is 79.9. The van der Waals surface area contributed by atoms with Crippen molar-refractivity contribution in [3.05, 3.63) is 91.0 Å². The fourth-order valence-corrected chi connectivity index (χ4v) is 4.72. The number of nitro groups is 1. The molecule has 2 heterocycles. The third-order valence-corrected chi connectivity index (χ3v) is 6.45. The second-order valence-electron chi connectivity index (χ2n) is 6.93. The van der Waals surface area contributed by atoms with Crippen LogP contribution in [0.4, 0.5) is 5.69 Å². The molecular formula is C22H17BrN4O3S. The molecule has 1 N–H and O–H groups in total. The van der Waals surface area contributed by atoms with Gasteiger partial charge in [-0.15, -0.1) is 11.3 Å². The summed E-state index contributed by atoms with van der Waals surface area (Å²) in [4.78, 5) is 23.4. The molecule has 4 rings (SSSR count). The number of benzene rings is 2. The molecule has 0 saturated heterocycles. The summed E-state index contributed by atoms with van der Waals surface area (Å²) < 4.78 is 3.92. The van der Waals surface area contributed by atoms with Gasteiger partial charge in [0.15, 0.2) is 0 Å². The molecular weight excluding hydrogens is 480 g/mol. The van der Waals surface area contributed by atoms with Gasteiger partial charge >= 0.3 is 0 Å². The Morgan fingerprint density at radius 3 is 2.74 bits per heavy atom. The van der Waals surface area contributed by atoms with E-state index in [4.69, 9.17) is 0 Å². The smallest absolute Gasteiger partial charge is 0.281 e. The van der Waals surface area contributed by atoms with Gasteiger partial charge in [0.1, 0.15) is 0 Å². The third kappa shape index (κ3) is 4.28. The van der Waals surface area contributed by atoms with Crippen molar-refractivity contribution in [1.29, 1.82) is 0 Å². The Hall–Kier alpha value is -3.30. The first kappa shape index (κ1) is 21.0. The average molecular weight is 497 g/mol. The Morgan fingerprint density at radius 2 is 2.00 bits per heavy atom. The van der Waals surface area contributed by atoms with Crippen molar-refractivity contribution in [2.75, 3.05) is 0 Å². The molecule has 7 nitrogen and oxygen atoms in total. The van der Waals surface area contributed by atoms with Crippen molar-refractivity contribution in [2.45, 2.75) is 13.8 Å². The molecule has 2 aromatic carbocycles. The summed E-state index contributed by atoms with van der Waals surface area (Å²) in [7, 11) is 0. The van der Waals surface area contributed by atoms with Gasteiger partial charge in [0.05, 0.1) is 16.0 Å². The van der Waals surface area contributed by atoms with Crippen LogP contribution in [0.3, 0.4) is 0 Å². The number of amides is 1. The average Bonchev–Trinajstić information content (AvgIpc) is 3.28. The van der Waals surface area contributed by atoms with Crippen LogP contribution in [0.1, 0.15) is 26.6 Å². The molecule has 156 valence electrons. The van der Waals surface area contributed by atoms with Crippen LogP contribution < -0.4 is 5.43 Å². The van der Waals surface area contributed by atoms with Crippen LogP contribution in [-0.4, -0.2) is 21.6 Å². The van der Waals surface area contributed by atoms with Gasteiger partial charge in [-0.25, -0.2) is 5.43 Å². The van der Waals surface area contributed by atoms with E-state index >= 15 is 0 Å². The molecule has 9 heteroatoms. The quantitative estimate of drug-likeness (QED) is 0.217. The number of aryl methyl sites for hydroxylation is 1. The number of hydrogen-bond donors (Lipinski definition) is 1. The first-order valence-corrected chi connectivity index (χ1v) is 10.9. The number of nitrogens with one attached hydrogen (secondary N) is 1. The van der Waals surface area contributed by atoms with Crippen molar-refractivity contribution >= 4 is 55.2 Å². The summed E-state index contributed by atoms with van der Waals surface area (Å²) in [6.07, 6.45) is 1.62. The first-order valence-electron chi connectivity index (χ1n) is 9.30. The number of hydrazone groups is 1. The molecule has 0 fully saturated rings. The molecule has 0 radical (unpaired) electrons. The van der Waals surface area contributed by atoms with E-state index in [1.54, 1.807) is 18.3 Å². The fourth-order valence-electron chi connectivity index (χ4n) is 3.40. The lowest BCUT2D eigenvalue weighted by atomic mass is 10.2. The number of halogens is 1. The van der Waals surface area contributed by atoms with Gasteiger partial charge in [-0.1, -0.05) is 22.0 Å². The zero-order valence-electron chi connectivity index (χ0n) is 16.6. The molecule has 4 aromatic rings. The second kappa shape index (κ2) is 8.44. The Labute approximate surface area is 190 Å². The van der Waals surface area contributed by atoms with E-state index in [0.29, 0.717) is 10.3 Å². The maximum atomic E-state index is 12.5. The van der Waals surface area contributed by atoms with E-state index < -0.39 is 4.92 Å². The number of hydrogen-bond acceptors (Lipinski definition) is 5. The van der Waals surface area contributed by atoms with Gasteiger partial charge < -0.3 is 4.57 Å². The highest BCUT2D eigenvalue weighted by Crippen LogP contribution is 2.29. The molecule has 1 amide bonds. The number of aromatic nitrogens is 1. The maximum Gasteiger partial charge on any atom is 0.281 e. The van der Waals surface area contributed by atoms with E-state index in [9.17, 15) is 14.9 Å². The molecule has 0 aliphatic carbocycles. The van der Waals surface area contributed by atoms with Crippen LogP contribution in [0.25, 0.3) is 15.8 Å². The summed E-state index contributed by atoms with van der Waals surface area (Å²) in [6.45, 7) is 4.01. The SMILES string of the molecule is Cc1cc(/C=N\NC(=O)c2cc3cc([N+](=O)[O-])ccc3s2)c(C)n1-c1cccc(Br)c1. The summed E-state index contributed by atoms with van der Waals surface area (Å²) >= 11 is 4.76. The Balaban J connectivity index is 1.52. The number of thiophene rings is 1. The van der Waals surface area contributed by atoms with Gasteiger partial charge in [-0.2, -0.15) is 5.10 Å². The van der Waals surface area contributed by atoms with Crippen molar-refractivity contribution in [2.24, 2.45) is 5.10 Å². The Morgan fingerprint density at radius 1 is 1.19 bits per heavy atom. The molecule has 0 aliphatic heterocycles.